The lowest BCUT2D eigenvalue weighted by Gasteiger charge is -2.27. The van der Waals surface area contributed by atoms with Gasteiger partial charge in [0.25, 0.3) is 0 Å². The number of carboxylic acid groups (broad SMARTS) is 1. The molecule has 0 bridgehead atoms. The molecule has 1 aliphatic heterocycles. The highest BCUT2D eigenvalue weighted by Gasteiger charge is 2.32. The number of carboxylic acids is 1. The molecule has 152 valence electrons. The van der Waals surface area contributed by atoms with Gasteiger partial charge in [0.1, 0.15) is 5.82 Å². The maximum atomic E-state index is 14.9. The number of rotatable bonds is 6. The first-order chi connectivity index (χ1) is 14.0. The van der Waals surface area contributed by atoms with Crippen LogP contribution in [0.1, 0.15) is 36.4 Å². The lowest BCUT2D eigenvalue weighted by molar-refractivity contribution is -0.136. The maximum Gasteiger partial charge on any atom is 0.303 e. The topological polar surface area (TPSA) is 92.8 Å². The smallest absolute Gasteiger partial charge is 0.303 e. The highest BCUT2D eigenvalue weighted by atomic mass is 19.1. The van der Waals surface area contributed by atoms with E-state index in [0.717, 1.165) is 12.6 Å². The van der Waals surface area contributed by atoms with Gasteiger partial charge in [0.05, 0.1) is 31.7 Å². The molecule has 4 heterocycles. The number of methoxy groups -OCH3 is 1. The zero-order valence-corrected chi connectivity index (χ0v) is 15.7. The zero-order valence-electron chi connectivity index (χ0n) is 15.7. The van der Waals surface area contributed by atoms with Gasteiger partial charge in [-0.1, -0.05) is 0 Å². The second kappa shape index (κ2) is 7.61. The van der Waals surface area contributed by atoms with Crippen molar-refractivity contribution in [1.82, 2.24) is 19.6 Å². The number of aryl methyl sites for hydroxylation is 1. The second-order valence-corrected chi connectivity index (χ2v) is 6.85. The SMILES string of the molecule is COc1ncc(F)cc1[C@H]1CCCN1c1nc2c(CCC(=O)O)cnn2cc1F. The van der Waals surface area contributed by atoms with Crippen LogP contribution in [0.2, 0.25) is 0 Å². The van der Waals surface area contributed by atoms with Crippen LogP contribution in [0.5, 0.6) is 5.88 Å². The highest BCUT2D eigenvalue weighted by Crippen LogP contribution is 2.39. The lowest BCUT2D eigenvalue weighted by Crippen LogP contribution is -2.26. The van der Waals surface area contributed by atoms with E-state index in [2.05, 4.69) is 15.1 Å². The van der Waals surface area contributed by atoms with E-state index in [0.29, 0.717) is 29.7 Å². The zero-order chi connectivity index (χ0) is 20.5. The fourth-order valence-electron chi connectivity index (χ4n) is 3.74. The molecule has 1 aliphatic rings. The van der Waals surface area contributed by atoms with Crippen molar-refractivity contribution in [2.45, 2.75) is 31.7 Å². The van der Waals surface area contributed by atoms with Gasteiger partial charge in [-0.15, -0.1) is 0 Å². The van der Waals surface area contributed by atoms with Crippen LogP contribution in [0.15, 0.2) is 24.7 Å². The summed E-state index contributed by atoms with van der Waals surface area (Å²) in [5.41, 5.74) is 1.55. The minimum Gasteiger partial charge on any atom is -0.481 e. The number of aliphatic carboxylic acids is 1. The molecule has 4 rings (SSSR count). The number of nitrogens with zero attached hydrogens (tertiary/aromatic N) is 5. The molecule has 1 N–H and O–H groups in total. The van der Waals surface area contributed by atoms with E-state index >= 15 is 0 Å². The summed E-state index contributed by atoms with van der Waals surface area (Å²) in [5.74, 6) is -1.60. The molecule has 1 saturated heterocycles. The van der Waals surface area contributed by atoms with Crippen molar-refractivity contribution in [2.24, 2.45) is 0 Å². The molecule has 1 fully saturated rings. The Balaban J connectivity index is 1.75. The predicted octanol–water partition coefficient (Wildman–Crippen LogP) is 2.77. The Morgan fingerprint density at radius 2 is 2.21 bits per heavy atom. The fraction of sp³-hybridized carbons (Fsp3) is 0.368. The molecule has 0 radical (unpaired) electrons. The number of halogens is 2. The third kappa shape index (κ3) is 3.57. The average Bonchev–Trinajstić information content (AvgIpc) is 3.32. The minimum atomic E-state index is -0.933. The summed E-state index contributed by atoms with van der Waals surface area (Å²) in [6.45, 7) is 0.531. The van der Waals surface area contributed by atoms with Crippen LogP contribution < -0.4 is 9.64 Å². The Bertz CT molecular complexity index is 1070. The van der Waals surface area contributed by atoms with Crippen molar-refractivity contribution in [1.29, 1.82) is 0 Å². The number of fused-ring (bicyclic) bond motifs is 1. The number of ether oxygens (including phenoxy) is 1. The average molecular weight is 403 g/mol. The Morgan fingerprint density at radius 1 is 1.38 bits per heavy atom. The fourth-order valence-corrected chi connectivity index (χ4v) is 3.74. The summed E-state index contributed by atoms with van der Waals surface area (Å²) in [6, 6.07) is 1.01. The number of hydrogen-bond donors (Lipinski definition) is 1. The van der Waals surface area contributed by atoms with E-state index in [1.807, 2.05) is 0 Å². The van der Waals surface area contributed by atoms with Crippen LogP contribution in [-0.2, 0) is 11.2 Å². The van der Waals surface area contributed by atoms with Crippen LogP contribution in [0.3, 0.4) is 0 Å². The number of aromatic nitrogens is 4. The van der Waals surface area contributed by atoms with Crippen molar-refractivity contribution in [3.8, 4) is 5.88 Å². The summed E-state index contributed by atoms with van der Waals surface area (Å²) in [5, 5.41) is 13.0. The number of carbonyl (C=O) groups is 1. The molecule has 8 nitrogen and oxygen atoms in total. The standard InChI is InChI=1S/C19H19F2N5O3/c1-29-19-13(7-12(20)9-22-19)15-3-2-6-25(15)18-14(21)10-26-17(24-18)11(8-23-26)4-5-16(27)28/h7-10,15H,2-6H2,1H3,(H,27,28)/t15-/m1/s1. The van der Waals surface area contributed by atoms with Crippen LogP contribution in [0, 0.1) is 11.6 Å². The predicted molar refractivity (Wildman–Crippen MR) is 99.0 cm³/mol. The molecule has 3 aromatic heterocycles. The molecule has 0 saturated carbocycles. The van der Waals surface area contributed by atoms with Gasteiger partial charge >= 0.3 is 5.97 Å². The molecular weight excluding hydrogens is 384 g/mol. The number of pyridine rings is 1. The maximum absolute atomic E-state index is 14.9. The van der Waals surface area contributed by atoms with Crippen molar-refractivity contribution in [2.75, 3.05) is 18.6 Å². The largest absolute Gasteiger partial charge is 0.481 e. The van der Waals surface area contributed by atoms with Gasteiger partial charge in [-0.25, -0.2) is 23.3 Å². The third-order valence-electron chi connectivity index (χ3n) is 5.03. The Morgan fingerprint density at radius 3 is 2.97 bits per heavy atom. The van der Waals surface area contributed by atoms with Gasteiger partial charge in [0.2, 0.25) is 5.88 Å². The minimum absolute atomic E-state index is 0.0752. The van der Waals surface area contributed by atoms with Crippen molar-refractivity contribution >= 4 is 17.4 Å². The Labute approximate surface area is 164 Å². The van der Waals surface area contributed by atoms with Crippen molar-refractivity contribution < 1.29 is 23.4 Å². The molecule has 29 heavy (non-hydrogen) atoms. The summed E-state index contributed by atoms with van der Waals surface area (Å²) in [7, 11) is 1.45. The van der Waals surface area contributed by atoms with E-state index in [1.165, 1.54) is 30.1 Å². The van der Waals surface area contributed by atoms with Gasteiger partial charge in [-0.3, -0.25) is 4.79 Å². The molecule has 0 amide bonds. The van der Waals surface area contributed by atoms with Crippen molar-refractivity contribution in [3.05, 3.63) is 47.4 Å². The van der Waals surface area contributed by atoms with Crippen LogP contribution in [-0.4, -0.2) is 44.3 Å². The molecule has 0 aromatic carbocycles. The summed E-state index contributed by atoms with van der Waals surface area (Å²) in [4.78, 5) is 21.1. The van der Waals surface area contributed by atoms with E-state index in [-0.39, 0.29) is 30.6 Å². The Kier molecular flexibility index (Phi) is 4.99. The normalized spacial score (nSPS) is 16.5. The first kappa shape index (κ1) is 19.0. The van der Waals surface area contributed by atoms with Gasteiger partial charge in [-0.05, 0) is 25.3 Å². The lowest BCUT2D eigenvalue weighted by atomic mass is 10.1. The monoisotopic (exact) mass is 403 g/mol. The molecule has 10 heteroatoms. The van der Waals surface area contributed by atoms with E-state index in [9.17, 15) is 13.6 Å². The van der Waals surface area contributed by atoms with Crippen LogP contribution >= 0.6 is 0 Å². The van der Waals surface area contributed by atoms with Gasteiger partial charge in [0, 0.05) is 24.1 Å². The first-order valence-corrected chi connectivity index (χ1v) is 9.18. The van der Waals surface area contributed by atoms with Gasteiger partial charge in [0.15, 0.2) is 17.3 Å². The van der Waals surface area contributed by atoms with E-state index in [4.69, 9.17) is 9.84 Å². The first-order valence-electron chi connectivity index (χ1n) is 9.18. The van der Waals surface area contributed by atoms with Gasteiger partial charge < -0.3 is 14.7 Å². The van der Waals surface area contributed by atoms with E-state index < -0.39 is 17.6 Å². The quantitative estimate of drug-likeness (QED) is 0.676. The third-order valence-corrected chi connectivity index (χ3v) is 5.03. The second-order valence-electron chi connectivity index (χ2n) is 6.85. The highest BCUT2D eigenvalue weighted by molar-refractivity contribution is 5.68. The molecule has 0 spiro atoms. The van der Waals surface area contributed by atoms with Crippen LogP contribution in [0.25, 0.3) is 5.65 Å². The molecule has 3 aromatic rings. The Hall–Kier alpha value is -3.30. The summed E-state index contributed by atoms with van der Waals surface area (Å²) >= 11 is 0. The summed E-state index contributed by atoms with van der Waals surface area (Å²) in [6.07, 6.45) is 5.39. The number of hydrogen-bond acceptors (Lipinski definition) is 6. The summed E-state index contributed by atoms with van der Waals surface area (Å²) < 4.78 is 35.3. The van der Waals surface area contributed by atoms with Crippen LogP contribution in [0.4, 0.5) is 14.6 Å². The molecular formula is C19H19F2N5O3. The number of anilines is 1. The van der Waals surface area contributed by atoms with Crippen molar-refractivity contribution in [3.63, 3.8) is 0 Å². The van der Waals surface area contributed by atoms with E-state index in [1.54, 1.807) is 4.90 Å². The molecule has 0 aliphatic carbocycles. The molecule has 0 unspecified atom stereocenters. The van der Waals surface area contributed by atoms with Gasteiger partial charge in [-0.2, -0.15) is 5.10 Å². The molecule has 1 atom stereocenters.